The van der Waals surface area contributed by atoms with E-state index in [1.807, 2.05) is 0 Å². The molecule has 0 atom stereocenters. The Hall–Kier alpha value is -1.74. The predicted molar refractivity (Wildman–Crippen MR) is 80.7 cm³/mol. The van der Waals surface area contributed by atoms with E-state index >= 15 is 0 Å². The summed E-state index contributed by atoms with van der Waals surface area (Å²) in [6.45, 7) is -0.0360. The summed E-state index contributed by atoms with van der Waals surface area (Å²) in [5.74, 6) is -0.901. The van der Waals surface area contributed by atoms with E-state index in [1.165, 1.54) is 18.3 Å². The van der Waals surface area contributed by atoms with Crippen LogP contribution in [0.1, 0.15) is 5.56 Å². The molecular formula is C11H15N2O7PS. The van der Waals surface area contributed by atoms with Gasteiger partial charge in [0.15, 0.2) is 0 Å². The largest absolute Gasteiger partial charge is 0.395 e. The summed E-state index contributed by atoms with van der Waals surface area (Å²) in [4.78, 5) is 33.4. The van der Waals surface area contributed by atoms with Crippen molar-refractivity contribution in [1.82, 2.24) is 0 Å². The molecule has 0 aliphatic carbocycles. The third kappa shape index (κ3) is 8.53. The number of oxime groups is 1. The zero-order valence-corrected chi connectivity index (χ0v) is 13.1. The zero-order chi connectivity index (χ0) is 16.6. The highest BCUT2D eigenvalue weighted by atomic mass is 32.2. The minimum Gasteiger partial charge on any atom is -0.395 e. The number of amides is 1. The first-order valence-electron chi connectivity index (χ1n) is 5.98. The Balaban J connectivity index is 2.47. The summed E-state index contributed by atoms with van der Waals surface area (Å²) in [6.07, 6.45) is 0.477. The standard InChI is InChI=1S/C11H15N2O7PS/c14-11(8-21(15,16)17)13-10-3-1-9(2-4-10)7-12-20-5-6-22(18)19/h1-4,7,22H,5-6,8H2,(H,13,14)(H2,15,16,17)/b12-7-. The molecule has 1 rings (SSSR count). The van der Waals surface area contributed by atoms with Gasteiger partial charge in [0.2, 0.25) is 5.91 Å². The van der Waals surface area contributed by atoms with Crippen LogP contribution in [0.3, 0.4) is 0 Å². The lowest BCUT2D eigenvalue weighted by Gasteiger charge is -2.06. The summed E-state index contributed by atoms with van der Waals surface area (Å²) in [5, 5.41) is 5.91. The van der Waals surface area contributed by atoms with Crippen LogP contribution in [-0.2, 0) is 24.9 Å². The van der Waals surface area contributed by atoms with Gasteiger partial charge in [-0.1, -0.05) is 17.3 Å². The first-order valence-corrected chi connectivity index (χ1v) is 9.14. The van der Waals surface area contributed by atoms with E-state index < -0.39 is 30.4 Å². The van der Waals surface area contributed by atoms with Gasteiger partial charge in [-0.15, -0.1) is 0 Å². The van der Waals surface area contributed by atoms with E-state index in [9.17, 15) is 17.8 Å². The van der Waals surface area contributed by atoms with Gasteiger partial charge >= 0.3 is 7.60 Å². The number of benzene rings is 1. The molecule has 1 aromatic rings. The normalized spacial score (nSPS) is 11.8. The molecule has 0 bridgehead atoms. The van der Waals surface area contributed by atoms with Crippen molar-refractivity contribution in [3.05, 3.63) is 29.8 Å². The van der Waals surface area contributed by atoms with Gasteiger partial charge in [-0.3, -0.25) is 9.36 Å². The van der Waals surface area contributed by atoms with E-state index in [-0.39, 0.29) is 12.4 Å². The minimum atomic E-state index is -4.39. The second kappa shape index (κ2) is 8.64. The fourth-order valence-electron chi connectivity index (χ4n) is 1.31. The Morgan fingerprint density at radius 3 is 2.50 bits per heavy atom. The van der Waals surface area contributed by atoms with Crippen molar-refractivity contribution in [2.45, 2.75) is 0 Å². The second-order valence-corrected chi connectivity index (χ2v) is 6.88. The molecule has 0 unspecified atom stereocenters. The maximum atomic E-state index is 11.3. The minimum absolute atomic E-state index is 0.0360. The monoisotopic (exact) mass is 350 g/mol. The van der Waals surface area contributed by atoms with Gasteiger partial charge in [0.1, 0.15) is 23.5 Å². The third-order valence-corrected chi connectivity index (χ3v) is 3.43. The molecule has 1 amide bonds. The maximum Gasteiger partial charge on any atom is 0.334 e. The predicted octanol–water partition coefficient (Wildman–Crippen LogP) is -0.235. The van der Waals surface area contributed by atoms with E-state index in [0.717, 1.165) is 0 Å². The number of thiol groups is 1. The molecule has 0 aliphatic rings. The van der Waals surface area contributed by atoms with E-state index in [0.29, 0.717) is 11.3 Å². The topological polar surface area (TPSA) is 142 Å². The average Bonchev–Trinajstić information content (AvgIpc) is 2.37. The van der Waals surface area contributed by atoms with Gasteiger partial charge in [0.25, 0.3) is 0 Å². The lowest BCUT2D eigenvalue weighted by molar-refractivity contribution is -0.114. The second-order valence-electron chi connectivity index (χ2n) is 4.12. The quantitative estimate of drug-likeness (QED) is 0.167. The van der Waals surface area contributed by atoms with Gasteiger partial charge in [-0.2, -0.15) is 0 Å². The molecule has 0 radical (unpaired) electrons. The van der Waals surface area contributed by atoms with Crippen molar-refractivity contribution >= 4 is 36.1 Å². The highest BCUT2D eigenvalue weighted by Crippen LogP contribution is 2.33. The van der Waals surface area contributed by atoms with Gasteiger partial charge in [-0.05, 0) is 17.7 Å². The Morgan fingerprint density at radius 2 is 1.95 bits per heavy atom. The number of hydrogen-bond acceptors (Lipinski definition) is 6. The van der Waals surface area contributed by atoms with Crippen LogP contribution in [-0.4, -0.2) is 48.8 Å². The van der Waals surface area contributed by atoms with Crippen LogP contribution in [0.25, 0.3) is 0 Å². The molecule has 1 aromatic carbocycles. The lowest BCUT2D eigenvalue weighted by atomic mass is 10.2. The molecule has 0 heterocycles. The maximum absolute atomic E-state index is 11.3. The van der Waals surface area contributed by atoms with E-state index in [4.69, 9.17) is 14.6 Å². The van der Waals surface area contributed by atoms with E-state index in [2.05, 4.69) is 10.5 Å². The first-order chi connectivity index (χ1) is 10.3. The van der Waals surface area contributed by atoms with Crippen molar-refractivity contribution in [3.8, 4) is 0 Å². The summed E-state index contributed by atoms with van der Waals surface area (Å²) in [5.41, 5.74) is 1.01. The molecule has 0 saturated carbocycles. The molecule has 9 nitrogen and oxygen atoms in total. The Morgan fingerprint density at radius 1 is 1.32 bits per heavy atom. The average molecular weight is 350 g/mol. The molecule has 0 aromatic heterocycles. The molecule has 11 heteroatoms. The number of nitrogens with zero attached hydrogens (tertiary/aromatic N) is 1. The fraction of sp³-hybridized carbons (Fsp3) is 0.273. The summed E-state index contributed by atoms with van der Waals surface area (Å²) in [7, 11) is -6.88. The van der Waals surface area contributed by atoms with Crippen LogP contribution in [0.15, 0.2) is 29.4 Å². The highest BCUT2D eigenvalue weighted by Gasteiger charge is 2.18. The fourth-order valence-corrected chi connectivity index (χ4v) is 1.99. The highest BCUT2D eigenvalue weighted by molar-refractivity contribution is 7.72. The van der Waals surface area contributed by atoms with Crippen LogP contribution in [0.4, 0.5) is 5.69 Å². The summed E-state index contributed by atoms with van der Waals surface area (Å²) >= 11 is 0. The number of anilines is 1. The van der Waals surface area contributed by atoms with Gasteiger partial charge < -0.3 is 19.9 Å². The van der Waals surface area contributed by atoms with Gasteiger partial charge in [0, 0.05) is 5.69 Å². The molecule has 0 spiro atoms. The van der Waals surface area contributed by atoms with Crippen LogP contribution >= 0.6 is 7.60 Å². The van der Waals surface area contributed by atoms with Crippen LogP contribution in [0.2, 0.25) is 0 Å². The first kappa shape index (κ1) is 18.3. The number of hydrogen-bond donors (Lipinski definition) is 4. The van der Waals surface area contributed by atoms with Gasteiger partial charge in [0.05, 0.1) is 12.0 Å². The molecule has 0 saturated heterocycles. The summed E-state index contributed by atoms with van der Waals surface area (Å²) in [6, 6.07) is 6.23. The van der Waals surface area contributed by atoms with Crippen molar-refractivity contribution in [2.75, 3.05) is 23.8 Å². The molecule has 3 N–H and O–H groups in total. The van der Waals surface area contributed by atoms with Crippen molar-refractivity contribution in [1.29, 1.82) is 0 Å². The number of nitrogens with one attached hydrogen (secondary N) is 1. The molecule has 22 heavy (non-hydrogen) atoms. The van der Waals surface area contributed by atoms with E-state index in [1.54, 1.807) is 12.1 Å². The lowest BCUT2D eigenvalue weighted by Crippen LogP contribution is -2.16. The van der Waals surface area contributed by atoms with Gasteiger partial charge in [-0.25, -0.2) is 8.42 Å². The Labute approximate surface area is 128 Å². The smallest absolute Gasteiger partial charge is 0.334 e. The number of rotatable bonds is 8. The SMILES string of the molecule is O=C(CP(=O)(O)O)Nc1ccc(/C=N\OCC[SH](=O)=O)cc1. The summed E-state index contributed by atoms with van der Waals surface area (Å²) < 4.78 is 31.2. The van der Waals surface area contributed by atoms with Crippen molar-refractivity contribution < 1.29 is 32.4 Å². The molecule has 122 valence electrons. The van der Waals surface area contributed by atoms with Crippen LogP contribution < -0.4 is 5.32 Å². The molecular weight excluding hydrogens is 335 g/mol. The molecule has 0 fully saturated rings. The molecule has 0 aliphatic heterocycles. The van der Waals surface area contributed by atoms with Crippen LogP contribution in [0.5, 0.6) is 0 Å². The number of carbonyl (C=O) groups is 1. The Kier molecular flexibility index (Phi) is 7.19. The third-order valence-electron chi connectivity index (χ3n) is 2.19. The number of carbonyl (C=O) groups excluding carboxylic acids is 1. The van der Waals surface area contributed by atoms with Crippen LogP contribution in [0, 0.1) is 0 Å². The zero-order valence-electron chi connectivity index (χ0n) is 11.3. The Bertz CT molecular complexity index is 643. The van der Waals surface area contributed by atoms with Crippen molar-refractivity contribution in [3.63, 3.8) is 0 Å². The van der Waals surface area contributed by atoms with Crippen molar-refractivity contribution in [2.24, 2.45) is 5.16 Å².